The molecule has 3 rings (SSSR count). The van der Waals surface area contributed by atoms with E-state index in [2.05, 4.69) is 16.3 Å². The molecule has 0 saturated carbocycles. The highest BCUT2D eigenvalue weighted by Gasteiger charge is 2.26. The van der Waals surface area contributed by atoms with Crippen molar-refractivity contribution in [3.05, 3.63) is 54.0 Å². The predicted molar refractivity (Wildman–Crippen MR) is 110 cm³/mol. The fourth-order valence-electron chi connectivity index (χ4n) is 3.48. The second kappa shape index (κ2) is 10.5. The van der Waals surface area contributed by atoms with Gasteiger partial charge in [-0.1, -0.05) is 12.1 Å². The Morgan fingerprint density at radius 1 is 1.20 bits per heavy atom. The van der Waals surface area contributed by atoms with Gasteiger partial charge in [-0.05, 0) is 36.2 Å². The van der Waals surface area contributed by atoms with Crippen molar-refractivity contribution < 1.29 is 18.7 Å². The largest absolute Gasteiger partial charge is 0.497 e. The molecule has 1 saturated heterocycles. The van der Waals surface area contributed by atoms with E-state index in [0.29, 0.717) is 45.6 Å². The van der Waals surface area contributed by atoms with Crippen LogP contribution in [0, 0.1) is 11.3 Å². The molecule has 2 heterocycles. The zero-order valence-electron chi connectivity index (χ0n) is 17.0. The molecule has 1 aromatic carbocycles. The van der Waals surface area contributed by atoms with E-state index >= 15 is 0 Å². The Balaban J connectivity index is 1.41. The van der Waals surface area contributed by atoms with Crippen LogP contribution >= 0.6 is 0 Å². The van der Waals surface area contributed by atoms with Crippen molar-refractivity contribution in [2.45, 2.75) is 18.9 Å². The lowest BCUT2D eigenvalue weighted by Gasteiger charge is -2.37. The molecule has 1 aliphatic rings. The van der Waals surface area contributed by atoms with E-state index in [0.717, 1.165) is 11.3 Å². The molecule has 0 spiro atoms. The molecule has 1 aromatic heterocycles. The zero-order chi connectivity index (χ0) is 21.3. The Hall–Kier alpha value is -3.31. The number of rotatable bonds is 8. The summed E-state index contributed by atoms with van der Waals surface area (Å²) in [6, 6.07) is 12.8. The van der Waals surface area contributed by atoms with Crippen molar-refractivity contribution in [1.82, 2.24) is 15.1 Å². The van der Waals surface area contributed by atoms with Gasteiger partial charge in [0.25, 0.3) is 5.91 Å². The number of nitrogens with zero attached hydrogens (tertiary/aromatic N) is 3. The third kappa shape index (κ3) is 5.39. The molecule has 0 bridgehead atoms. The van der Waals surface area contributed by atoms with E-state index in [9.17, 15) is 14.9 Å². The van der Waals surface area contributed by atoms with Gasteiger partial charge in [0.2, 0.25) is 5.91 Å². The minimum atomic E-state index is -0.343. The summed E-state index contributed by atoms with van der Waals surface area (Å²) < 4.78 is 10.2. The van der Waals surface area contributed by atoms with Crippen LogP contribution < -0.4 is 10.1 Å². The summed E-state index contributed by atoms with van der Waals surface area (Å²) in [5, 5.41) is 12.4. The van der Waals surface area contributed by atoms with Crippen LogP contribution in [0.5, 0.6) is 5.75 Å². The first kappa shape index (κ1) is 21.4. The first-order valence-corrected chi connectivity index (χ1v) is 9.99. The monoisotopic (exact) mass is 410 g/mol. The minimum Gasteiger partial charge on any atom is -0.497 e. The smallest absolute Gasteiger partial charge is 0.286 e. The zero-order valence-corrected chi connectivity index (χ0v) is 17.0. The van der Waals surface area contributed by atoms with Crippen LogP contribution in [0.1, 0.15) is 35.0 Å². The molecule has 8 nitrogen and oxygen atoms in total. The van der Waals surface area contributed by atoms with Gasteiger partial charge >= 0.3 is 0 Å². The lowest BCUT2D eigenvalue weighted by atomic mass is 10.1. The highest BCUT2D eigenvalue weighted by atomic mass is 16.5. The van der Waals surface area contributed by atoms with E-state index in [4.69, 9.17) is 9.15 Å². The Morgan fingerprint density at radius 3 is 2.53 bits per heavy atom. The second-order valence-electron chi connectivity index (χ2n) is 7.06. The average molecular weight is 410 g/mol. The molecule has 1 atom stereocenters. The van der Waals surface area contributed by atoms with Crippen LogP contribution in [0.15, 0.2) is 47.1 Å². The fourth-order valence-corrected chi connectivity index (χ4v) is 3.48. The maximum absolute atomic E-state index is 12.5. The number of nitriles is 1. The van der Waals surface area contributed by atoms with Crippen molar-refractivity contribution in [2.24, 2.45) is 0 Å². The molecule has 2 aromatic rings. The number of carbonyl (C=O) groups is 2. The van der Waals surface area contributed by atoms with Crippen molar-refractivity contribution in [3.63, 3.8) is 0 Å². The van der Waals surface area contributed by atoms with Gasteiger partial charge in [-0.3, -0.25) is 14.5 Å². The Kier molecular flexibility index (Phi) is 7.46. The summed E-state index contributed by atoms with van der Waals surface area (Å²) in [5.74, 6) is 0.814. The van der Waals surface area contributed by atoms with Crippen LogP contribution in [-0.2, 0) is 4.79 Å². The Labute approximate surface area is 176 Å². The van der Waals surface area contributed by atoms with Crippen LogP contribution in [0.4, 0.5) is 0 Å². The van der Waals surface area contributed by atoms with Gasteiger partial charge < -0.3 is 19.4 Å². The van der Waals surface area contributed by atoms with Crippen molar-refractivity contribution in [2.75, 3.05) is 39.8 Å². The van der Waals surface area contributed by atoms with Crippen molar-refractivity contribution >= 4 is 11.8 Å². The molecule has 0 radical (unpaired) electrons. The number of benzene rings is 1. The van der Waals surface area contributed by atoms with Crippen LogP contribution in [0.25, 0.3) is 0 Å². The number of ether oxygens (including phenoxy) is 1. The van der Waals surface area contributed by atoms with Gasteiger partial charge in [0.1, 0.15) is 11.8 Å². The minimum absolute atomic E-state index is 0.0693. The highest BCUT2D eigenvalue weighted by Crippen LogP contribution is 2.24. The van der Waals surface area contributed by atoms with Gasteiger partial charge in [-0.25, -0.2) is 0 Å². The third-order valence-electron chi connectivity index (χ3n) is 5.18. The number of hydrogen-bond donors (Lipinski definition) is 1. The van der Waals surface area contributed by atoms with Crippen molar-refractivity contribution in [3.8, 4) is 11.8 Å². The molecular formula is C22H26N4O4. The SMILES string of the molecule is COc1ccc(C(C#N)N2CCN(C(=O)CCCNC(=O)c3ccco3)CC2)cc1. The molecule has 1 unspecified atom stereocenters. The molecule has 1 aliphatic heterocycles. The van der Waals surface area contributed by atoms with Crippen LogP contribution in [0.3, 0.4) is 0 Å². The molecule has 30 heavy (non-hydrogen) atoms. The van der Waals surface area contributed by atoms with E-state index in [1.807, 2.05) is 29.2 Å². The number of piperazine rings is 1. The van der Waals surface area contributed by atoms with Gasteiger partial charge in [0.15, 0.2) is 5.76 Å². The van der Waals surface area contributed by atoms with E-state index in [-0.39, 0.29) is 23.6 Å². The number of methoxy groups -OCH3 is 1. The number of carbonyl (C=O) groups excluding carboxylic acids is 2. The maximum atomic E-state index is 12.5. The lowest BCUT2D eigenvalue weighted by molar-refractivity contribution is -0.133. The average Bonchev–Trinajstić information content (AvgIpc) is 3.33. The number of nitrogens with one attached hydrogen (secondary N) is 1. The predicted octanol–water partition coefficient (Wildman–Crippen LogP) is 2.21. The number of hydrogen-bond acceptors (Lipinski definition) is 6. The van der Waals surface area contributed by atoms with Gasteiger partial charge in [-0.15, -0.1) is 0 Å². The van der Waals surface area contributed by atoms with Crippen LogP contribution in [-0.4, -0.2) is 61.4 Å². The summed E-state index contributed by atoms with van der Waals surface area (Å²) in [6.07, 6.45) is 2.39. The summed E-state index contributed by atoms with van der Waals surface area (Å²) in [4.78, 5) is 28.2. The molecule has 8 heteroatoms. The van der Waals surface area contributed by atoms with Gasteiger partial charge in [-0.2, -0.15) is 5.26 Å². The van der Waals surface area contributed by atoms with Gasteiger partial charge in [0.05, 0.1) is 19.4 Å². The maximum Gasteiger partial charge on any atom is 0.286 e. The molecular weight excluding hydrogens is 384 g/mol. The number of furan rings is 1. The molecule has 1 fully saturated rings. The van der Waals surface area contributed by atoms with E-state index in [1.165, 1.54) is 6.26 Å². The quantitative estimate of drug-likeness (QED) is 0.670. The molecule has 0 aliphatic carbocycles. The van der Waals surface area contributed by atoms with Gasteiger partial charge in [0, 0.05) is 39.1 Å². The van der Waals surface area contributed by atoms with Crippen molar-refractivity contribution in [1.29, 1.82) is 5.26 Å². The van der Waals surface area contributed by atoms with E-state index in [1.54, 1.807) is 19.2 Å². The summed E-state index contributed by atoms with van der Waals surface area (Å²) in [6.45, 7) is 2.88. The van der Waals surface area contributed by atoms with E-state index < -0.39 is 0 Å². The fraction of sp³-hybridized carbons (Fsp3) is 0.409. The van der Waals surface area contributed by atoms with Crippen LogP contribution in [0.2, 0.25) is 0 Å². The summed E-state index contributed by atoms with van der Waals surface area (Å²) in [5.41, 5.74) is 0.922. The Morgan fingerprint density at radius 2 is 1.93 bits per heavy atom. The summed E-state index contributed by atoms with van der Waals surface area (Å²) >= 11 is 0. The first-order chi connectivity index (χ1) is 14.6. The normalized spacial score (nSPS) is 15.3. The first-order valence-electron chi connectivity index (χ1n) is 9.99. The second-order valence-corrected chi connectivity index (χ2v) is 7.06. The summed E-state index contributed by atoms with van der Waals surface area (Å²) in [7, 11) is 1.61. The highest BCUT2D eigenvalue weighted by molar-refractivity contribution is 5.91. The molecule has 2 amide bonds. The standard InChI is InChI=1S/C22H26N4O4/c1-29-18-8-6-17(7-9-18)19(16-23)25-11-13-26(14-12-25)21(27)5-2-10-24-22(28)20-4-3-15-30-20/h3-4,6-9,15,19H,2,5,10-14H2,1H3,(H,24,28). The topological polar surface area (TPSA) is 98.8 Å². The lowest BCUT2D eigenvalue weighted by Crippen LogP contribution is -2.49. The Bertz CT molecular complexity index is 866. The third-order valence-corrected chi connectivity index (χ3v) is 5.18. The number of amides is 2. The molecule has 158 valence electrons. The molecule has 1 N–H and O–H groups in total.